The van der Waals surface area contributed by atoms with Crippen LogP contribution >= 0.6 is 11.3 Å². The fourth-order valence-electron chi connectivity index (χ4n) is 8.81. The van der Waals surface area contributed by atoms with Crippen molar-refractivity contribution in [3.8, 4) is 11.1 Å². The van der Waals surface area contributed by atoms with Crippen LogP contribution in [0.1, 0.15) is 82.5 Å². The summed E-state index contributed by atoms with van der Waals surface area (Å²) in [4.78, 5) is 71.3. The zero-order valence-electron chi connectivity index (χ0n) is 31.5. The number of benzene rings is 2. The van der Waals surface area contributed by atoms with Crippen LogP contribution in [0.25, 0.3) is 11.1 Å². The number of carbonyl (C=O) groups excluding carboxylic acids is 4. The van der Waals surface area contributed by atoms with E-state index in [1.165, 1.54) is 22.3 Å². The number of halogens is 1. The Morgan fingerprint density at radius 2 is 1.84 bits per heavy atom. The normalized spacial score (nSPS) is 18.9. The molecule has 3 aromatic heterocycles. The topological polar surface area (TPSA) is 146 Å². The fourth-order valence-corrected chi connectivity index (χ4v) is 9.34. The van der Waals surface area contributed by atoms with E-state index in [9.17, 15) is 19.2 Å². The number of hydrogen-bond acceptors (Lipinski definition) is 10. The van der Waals surface area contributed by atoms with Gasteiger partial charge in [-0.3, -0.25) is 39.7 Å². The van der Waals surface area contributed by atoms with Gasteiger partial charge in [-0.05, 0) is 85.7 Å². The van der Waals surface area contributed by atoms with Crippen molar-refractivity contribution in [2.24, 2.45) is 0 Å². The molecule has 2 aromatic carbocycles. The number of carbonyl (C=O) groups is 4. The first kappa shape index (κ1) is 36.8. The molecule has 2 saturated heterocycles. The van der Waals surface area contributed by atoms with Gasteiger partial charge >= 0.3 is 0 Å². The fraction of sp³-hybridized carbons (Fsp3) is 0.357. The summed E-state index contributed by atoms with van der Waals surface area (Å²) in [5.41, 5.74) is 6.30. The number of pyridine rings is 1. The number of nitrogens with one attached hydrogen (secondary N) is 2. The maximum atomic E-state index is 15.9. The predicted octanol–water partition coefficient (Wildman–Crippen LogP) is 5.44. The Hall–Kier alpha value is -5.80. The monoisotopic (exact) mass is 787 g/mol. The molecule has 0 saturated carbocycles. The van der Waals surface area contributed by atoms with E-state index in [-0.39, 0.29) is 35.4 Å². The lowest BCUT2D eigenvalue weighted by atomic mass is 9.91. The van der Waals surface area contributed by atoms with Gasteiger partial charge in [0, 0.05) is 85.1 Å². The van der Waals surface area contributed by atoms with Crippen LogP contribution in [-0.2, 0) is 40.4 Å². The highest BCUT2D eigenvalue weighted by molar-refractivity contribution is 7.13. The smallest absolute Gasteiger partial charge is 0.255 e. The quantitative estimate of drug-likeness (QED) is 0.177. The third-order valence-electron chi connectivity index (χ3n) is 11.8. The van der Waals surface area contributed by atoms with Gasteiger partial charge in [-0.15, -0.1) is 11.3 Å². The summed E-state index contributed by atoms with van der Waals surface area (Å²) in [6.07, 6.45) is 11.3. The molecule has 0 aliphatic carbocycles. The Bertz CT molecular complexity index is 2360. The number of piperidine rings is 2. The SMILES string of the molecule is CN(Cc1cncc(C2CCC(=O)NC2=O)c1)C1CCN(c2ccc(-c3cc(F)c4c(c3)C(=O)N(C(C(=O)Nc3nccs3)c3ncn5c3CCC5)C4)cc2)CC1. The molecule has 7 heterocycles. The highest BCUT2D eigenvalue weighted by Crippen LogP contribution is 2.38. The van der Waals surface area contributed by atoms with Gasteiger partial charge in [0.2, 0.25) is 11.8 Å². The van der Waals surface area contributed by atoms with Crippen molar-refractivity contribution in [3.05, 3.63) is 112 Å². The number of nitrogens with zero attached hydrogens (tertiary/aromatic N) is 7. The molecule has 57 heavy (non-hydrogen) atoms. The van der Waals surface area contributed by atoms with E-state index in [1.807, 2.05) is 41.1 Å². The standard InChI is InChI=1S/C42H42FN9O4S/c1-49(22-25-17-28(21-44-20-25)31-8-9-36(53)47-39(31)54)29-10-14-50(15-11-29)30-6-4-26(5-7-30)27-18-32-33(34(43)19-27)23-52(41(32)56)38(40(55)48-42-45-12-16-57-42)37-35-3-2-13-51(35)24-46-37/h4-7,12,16-21,24,29,31,38H,2-3,8-11,13-15,22-23H2,1H3,(H,45,48,55)(H,47,53,54). The molecule has 4 aliphatic rings. The van der Waals surface area contributed by atoms with Crippen LogP contribution in [0.15, 0.2) is 72.8 Å². The molecule has 0 radical (unpaired) electrons. The molecule has 2 atom stereocenters. The molecule has 0 bridgehead atoms. The number of rotatable bonds is 10. The van der Waals surface area contributed by atoms with Crippen LogP contribution in [-0.4, -0.2) is 79.1 Å². The third kappa shape index (κ3) is 7.21. The lowest BCUT2D eigenvalue weighted by Crippen LogP contribution is -2.43. The molecule has 13 nitrogen and oxygen atoms in total. The average Bonchev–Trinajstić information content (AvgIpc) is 4.03. The summed E-state index contributed by atoms with van der Waals surface area (Å²) >= 11 is 1.28. The van der Waals surface area contributed by atoms with Gasteiger partial charge in [0.15, 0.2) is 11.2 Å². The lowest BCUT2D eigenvalue weighted by molar-refractivity contribution is -0.134. The summed E-state index contributed by atoms with van der Waals surface area (Å²) in [5, 5.41) is 7.47. The molecule has 9 rings (SSSR count). The summed E-state index contributed by atoms with van der Waals surface area (Å²) in [6, 6.07) is 12.6. The second kappa shape index (κ2) is 15.3. The first-order chi connectivity index (χ1) is 27.7. The minimum Gasteiger partial charge on any atom is -0.371 e. The number of imide groups is 1. The Morgan fingerprint density at radius 3 is 2.61 bits per heavy atom. The average molecular weight is 788 g/mol. The second-order valence-electron chi connectivity index (χ2n) is 15.3. The highest BCUT2D eigenvalue weighted by Gasteiger charge is 2.42. The lowest BCUT2D eigenvalue weighted by Gasteiger charge is -2.38. The summed E-state index contributed by atoms with van der Waals surface area (Å²) < 4.78 is 17.9. The highest BCUT2D eigenvalue weighted by atomic mass is 32.1. The summed E-state index contributed by atoms with van der Waals surface area (Å²) in [7, 11) is 2.12. The van der Waals surface area contributed by atoms with Gasteiger partial charge in [-0.2, -0.15) is 0 Å². The van der Waals surface area contributed by atoms with Crippen molar-refractivity contribution in [2.45, 2.75) is 76.2 Å². The van der Waals surface area contributed by atoms with Gasteiger partial charge in [-0.25, -0.2) is 14.4 Å². The van der Waals surface area contributed by atoms with Crippen LogP contribution in [0.3, 0.4) is 0 Å². The molecule has 2 unspecified atom stereocenters. The van der Waals surface area contributed by atoms with Gasteiger partial charge in [0.05, 0.1) is 24.5 Å². The maximum absolute atomic E-state index is 15.9. The van der Waals surface area contributed by atoms with Crippen LogP contribution in [0, 0.1) is 5.82 Å². The van der Waals surface area contributed by atoms with E-state index < -0.39 is 23.7 Å². The number of fused-ring (bicyclic) bond motifs is 2. The maximum Gasteiger partial charge on any atom is 0.255 e. The molecule has 5 aromatic rings. The number of amides is 4. The van der Waals surface area contributed by atoms with E-state index in [0.717, 1.165) is 73.4 Å². The molecular formula is C42H42FN9O4S. The zero-order valence-corrected chi connectivity index (χ0v) is 32.3. The number of aromatic nitrogens is 4. The zero-order chi connectivity index (χ0) is 39.2. The van der Waals surface area contributed by atoms with Crippen molar-refractivity contribution in [1.29, 1.82) is 0 Å². The molecule has 0 spiro atoms. The van der Waals surface area contributed by atoms with Crippen LogP contribution in [0.2, 0.25) is 0 Å². The Kier molecular flexibility index (Phi) is 9.86. The molecule has 4 aliphatic heterocycles. The molecule has 292 valence electrons. The van der Waals surface area contributed by atoms with Crippen LogP contribution in [0.4, 0.5) is 15.2 Å². The van der Waals surface area contributed by atoms with E-state index in [0.29, 0.717) is 41.8 Å². The van der Waals surface area contributed by atoms with Crippen molar-refractivity contribution in [2.75, 3.05) is 30.4 Å². The van der Waals surface area contributed by atoms with E-state index >= 15 is 4.39 Å². The van der Waals surface area contributed by atoms with Crippen LogP contribution < -0.4 is 15.5 Å². The summed E-state index contributed by atoms with van der Waals surface area (Å²) in [6.45, 7) is 3.21. The number of imidazole rings is 1. The van der Waals surface area contributed by atoms with Gasteiger partial charge in [0.25, 0.3) is 11.8 Å². The molecule has 4 amide bonds. The molecule has 2 N–H and O–H groups in total. The van der Waals surface area contributed by atoms with E-state index in [4.69, 9.17) is 0 Å². The predicted molar refractivity (Wildman–Crippen MR) is 212 cm³/mol. The van der Waals surface area contributed by atoms with Crippen molar-refractivity contribution in [1.82, 2.24) is 34.6 Å². The van der Waals surface area contributed by atoms with E-state index in [1.54, 1.807) is 30.2 Å². The Balaban J connectivity index is 0.856. The molecular weight excluding hydrogens is 746 g/mol. The van der Waals surface area contributed by atoms with Gasteiger partial charge < -0.3 is 14.4 Å². The minimum absolute atomic E-state index is 0.0434. The Morgan fingerprint density at radius 1 is 1.02 bits per heavy atom. The number of thiazole rings is 1. The van der Waals surface area contributed by atoms with Crippen molar-refractivity contribution >= 4 is 45.8 Å². The first-order valence-electron chi connectivity index (χ1n) is 19.4. The third-order valence-corrected chi connectivity index (χ3v) is 12.5. The Labute approximate surface area is 332 Å². The van der Waals surface area contributed by atoms with Gasteiger partial charge in [0.1, 0.15) is 5.82 Å². The van der Waals surface area contributed by atoms with Gasteiger partial charge in [-0.1, -0.05) is 18.2 Å². The second-order valence-corrected chi connectivity index (χ2v) is 16.2. The summed E-state index contributed by atoms with van der Waals surface area (Å²) in [5.74, 6) is -2.16. The minimum atomic E-state index is -1.04. The van der Waals surface area contributed by atoms with E-state index in [2.05, 4.69) is 42.4 Å². The number of hydrogen-bond donors (Lipinski definition) is 2. The van der Waals surface area contributed by atoms with Crippen LogP contribution in [0.5, 0.6) is 0 Å². The number of aryl methyl sites for hydroxylation is 1. The molecule has 15 heteroatoms. The van der Waals surface area contributed by atoms with Crippen molar-refractivity contribution in [3.63, 3.8) is 0 Å². The first-order valence-corrected chi connectivity index (χ1v) is 20.3. The molecule has 2 fully saturated rings. The van der Waals surface area contributed by atoms with Crippen molar-refractivity contribution < 1.29 is 23.6 Å². The number of anilines is 2. The largest absolute Gasteiger partial charge is 0.371 e.